The van der Waals surface area contributed by atoms with Crippen LogP contribution in [-0.4, -0.2) is 19.9 Å². The second-order valence-electron chi connectivity index (χ2n) is 5.89. The largest absolute Gasteiger partial charge is 0.507 e. The van der Waals surface area contributed by atoms with Crippen molar-refractivity contribution >= 4 is 0 Å². The van der Waals surface area contributed by atoms with Gasteiger partial charge in [-0.15, -0.1) is 5.10 Å². The van der Waals surface area contributed by atoms with Crippen LogP contribution in [0.15, 0.2) is 78.9 Å². The molecule has 1 aromatic heterocycles. The molecule has 1 heterocycles. The quantitative estimate of drug-likeness (QED) is 0.597. The van der Waals surface area contributed by atoms with Gasteiger partial charge in [0, 0.05) is 5.56 Å². The van der Waals surface area contributed by atoms with Crippen LogP contribution in [0.2, 0.25) is 0 Å². The standard InChI is InChI=1S/C21H17N3O/c1-15-11-13-16(14-12-15)20-22-21(18-9-5-6-10-19(18)25)24(23-20)17-7-3-2-4-8-17/h2-14,25H,1H3. The van der Waals surface area contributed by atoms with Crippen LogP contribution in [0.1, 0.15) is 5.56 Å². The Hall–Kier alpha value is -3.40. The lowest BCUT2D eigenvalue weighted by Gasteiger charge is -2.06. The van der Waals surface area contributed by atoms with Gasteiger partial charge in [-0.2, -0.15) is 0 Å². The Morgan fingerprint density at radius 2 is 1.48 bits per heavy atom. The lowest BCUT2D eigenvalue weighted by atomic mass is 10.1. The summed E-state index contributed by atoms with van der Waals surface area (Å²) in [6.07, 6.45) is 0. The van der Waals surface area contributed by atoms with E-state index in [1.165, 1.54) is 5.56 Å². The van der Waals surface area contributed by atoms with Crippen LogP contribution in [0.4, 0.5) is 0 Å². The van der Waals surface area contributed by atoms with Crippen molar-refractivity contribution in [1.82, 2.24) is 14.8 Å². The maximum absolute atomic E-state index is 10.3. The maximum atomic E-state index is 10.3. The monoisotopic (exact) mass is 327 g/mol. The SMILES string of the molecule is Cc1ccc(-c2nc(-c3ccccc3O)n(-c3ccccc3)n2)cc1. The molecule has 0 spiro atoms. The zero-order valence-electron chi connectivity index (χ0n) is 13.8. The summed E-state index contributed by atoms with van der Waals surface area (Å²) in [5, 5.41) is 15.0. The Kier molecular flexibility index (Phi) is 3.78. The normalized spacial score (nSPS) is 10.8. The lowest BCUT2D eigenvalue weighted by molar-refractivity contribution is 0.476. The summed E-state index contributed by atoms with van der Waals surface area (Å²) >= 11 is 0. The van der Waals surface area contributed by atoms with Crippen LogP contribution in [0.3, 0.4) is 0 Å². The van der Waals surface area contributed by atoms with Gasteiger partial charge in [0.1, 0.15) is 5.75 Å². The average molecular weight is 327 g/mol. The number of para-hydroxylation sites is 2. The molecule has 0 saturated heterocycles. The van der Waals surface area contributed by atoms with E-state index in [1.54, 1.807) is 16.8 Å². The van der Waals surface area contributed by atoms with Gasteiger partial charge in [0.15, 0.2) is 11.6 Å². The zero-order chi connectivity index (χ0) is 17.2. The molecule has 0 amide bonds. The Bertz CT molecular complexity index is 1010. The second-order valence-corrected chi connectivity index (χ2v) is 5.89. The van der Waals surface area contributed by atoms with E-state index in [0.29, 0.717) is 17.2 Å². The van der Waals surface area contributed by atoms with Gasteiger partial charge in [0.05, 0.1) is 11.3 Å². The van der Waals surface area contributed by atoms with Gasteiger partial charge in [-0.25, -0.2) is 9.67 Å². The number of hydrogen-bond acceptors (Lipinski definition) is 3. The van der Waals surface area contributed by atoms with Crippen molar-refractivity contribution in [1.29, 1.82) is 0 Å². The molecule has 1 N–H and O–H groups in total. The Morgan fingerprint density at radius 3 is 2.20 bits per heavy atom. The smallest absolute Gasteiger partial charge is 0.182 e. The molecule has 0 unspecified atom stereocenters. The topological polar surface area (TPSA) is 50.9 Å². The number of aryl methyl sites for hydroxylation is 1. The highest BCUT2D eigenvalue weighted by molar-refractivity contribution is 5.68. The van der Waals surface area contributed by atoms with E-state index in [9.17, 15) is 5.11 Å². The van der Waals surface area contributed by atoms with E-state index in [0.717, 1.165) is 11.3 Å². The molecule has 0 aliphatic heterocycles. The molecule has 0 aliphatic carbocycles. The molecule has 4 aromatic rings. The fourth-order valence-corrected chi connectivity index (χ4v) is 2.72. The van der Waals surface area contributed by atoms with Gasteiger partial charge in [-0.1, -0.05) is 60.2 Å². The molecule has 0 fully saturated rings. The number of phenols is 1. The van der Waals surface area contributed by atoms with Gasteiger partial charge in [0.25, 0.3) is 0 Å². The summed E-state index contributed by atoms with van der Waals surface area (Å²) in [5.74, 6) is 1.42. The van der Waals surface area contributed by atoms with Crippen molar-refractivity contribution in [2.24, 2.45) is 0 Å². The van der Waals surface area contributed by atoms with Gasteiger partial charge < -0.3 is 5.11 Å². The summed E-state index contributed by atoms with van der Waals surface area (Å²) in [4.78, 5) is 4.71. The first-order valence-corrected chi connectivity index (χ1v) is 8.10. The fraction of sp³-hybridized carbons (Fsp3) is 0.0476. The van der Waals surface area contributed by atoms with E-state index in [4.69, 9.17) is 10.1 Å². The molecule has 0 bridgehead atoms. The Morgan fingerprint density at radius 1 is 0.800 bits per heavy atom. The van der Waals surface area contributed by atoms with E-state index in [2.05, 4.69) is 0 Å². The van der Waals surface area contributed by atoms with Gasteiger partial charge >= 0.3 is 0 Å². The molecule has 0 aliphatic rings. The van der Waals surface area contributed by atoms with Gasteiger partial charge in [-0.05, 0) is 31.2 Å². The third kappa shape index (κ3) is 2.90. The number of aromatic hydroxyl groups is 1. The summed E-state index contributed by atoms with van der Waals surface area (Å²) in [5.41, 5.74) is 3.67. The zero-order valence-corrected chi connectivity index (χ0v) is 13.8. The molecule has 0 radical (unpaired) electrons. The minimum Gasteiger partial charge on any atom is -0.507 e. The first kappa shape index (κ1) is 15.1. The van der Waals surface area contributed by atoms with Crippen LogP contribution in [-0.2, 0) is 0 Å². The minimum absolute atomic E-state index is 0.183. The van der Waals surface area contributed by atoms with Gasteiger partial charge in [-0.3, -0.25) is 0 Å². The van der Waals surface area contributed by atoms with Crippen molar-refractivity contribution in [3.8, 4) is 34.2 Å². The van der Waals surface area contributed by atoms with E-state index >= 15 is 0 Å². The molecular weight excluding hydrogens is 310 g/mol. The van der Waals surface area contributed by atoms with Crippen LogP contribution in [0, 0.1) is 6.92 Å². The molecular formula is C21H17N3O. The second kappa shape index (κ2) is 6.24. The molecule has 4 heteroatoms. The van der Waals surface area contributed by atoms with E-state index < -0.39 is 0 Å². The Labute approximate surface area is 146 Å². The average Bonchev–Trinajstić information content (AvgIpc) is 3.08. The van der Waals surface area contributed by atoms with Crippen LogP contribution in [0.5, 0.6) is 5.75 Å². The van der Waals surface area contributed by atoms with Crippen LogP contribution < -0.4 is 0 Å². The predicted octanol–water partition coefficient (Wildman–Crippen LogP) is 4.62. The number of phenolic OH excluding ortho intramolecular Hbond substituents is 1. The highest BCUT2D eigenvalue weighted by atomic mass is 16.3. The van der Waals surface area contributed by atoms with Crippen molar-refractivity contribution in [3.05, 3.63) is 84.4 Å². The van der Waals surface area contributed by atoms with Crippen molar-refractivity contribution in [2.75, 3.05) is 0 Å². The lowest BCUT2D eigenvalue weighted by Crippen LogP contribution is -1.99. The maximum Gasteiger partial charge on any atom is 0.182 e. The third-order valence-corrected chi connectivity index (χ3v) is 4.06. The summed E-state index contributed by atoms with van der Waals surface area (Å²) in [6, 6.07) is 25.1. The van der Waals surface area contributed by atoms with E-state index in [1.807, 2.05) is 73.7 Å². The Balaban J connectivity index is 1.92. The molecule has 0 atom stereocenters. The third-order valence-electron chi connectivity index (χ3n) is 4.06. The molecule has 4 nitrogen and oxygen atoms in total. The number of benzene rings is 3. The predicted molar refractivity (Wildman–Crippen MR) is 98.6 cm³/mol. The molecule has 25 heavy (non-hydrogen) atoms. The van der Waals surface area contributed by atoms with Crippen molar-refractivity contribution in [3.63, 3.8) is 0 Å². The minimum atomic E-state index is 0.183. The van der Waals surface area contributed by atoms with Crippen molar-refractivity contribution < 1.29 is 5.11 Å². The number of rotatable bonds is 3. The highest BCUT2D eigenvalue weighted by Crippen LogP contribution is 2.31. The first-order valence-electron chi connectivity index (χ1n) is 8.10. The first-order chi connectivity index (χ1) is 12.2. The molecule has 0 saturated carbocycles. The highest BCUT2D eigenvalue weighted by Gasteiger charge is 2.17. The van der Waals surface area contributed by atoms with Gasteiger partial charge in [0.2, 0.25) is 0 Å². The summed E-state index contributed by atoms with van der Waals surface area (Å²) in [7, 11) is 0. The number of hydrogen-bond donors (Lipinski definition) is 1. The molecule has 3 aromatic carbocycles. The summed E-state index contributed by atoms with van der Waals surface area (Å²) in [6.45, 7) is 2.05. The molecule has 4 rings (SSSR count). The fourth-order valence-electron chi connectivity index (χ4n) is 2.72. The van der Waals surface area contributed by atoms with Crippen LogP contribution >= 0.6 is 0 Å². The number of nitrogens with zero attached hydrogens (tertiary/aromatic N) is 3. The van der Waals surface area contributed by atoms with Crippen LogP contribution in [0.25, 0.3) is 28.5 Å². The summed E-state index contributed by atoms with van der Waals surface area (Å²) < 4.78 is 1.77. The van der Waals surface area contributed by atoms with E-state index in [-0.39, 0.29) is 5.75 Å². The molecule has 122 valence electrons. The van der Waals surface area contributed by atoms with Crippen molar-refractivity contribution in [2.45, 2.75) is 6.92 Å². The number of aromatic nitrogens is 3.